The monoisotopic (exact) mass is 976 g/mol. The highest BCUT2D eigenvalue weighted by Crippen LogP contribution is 2.57. The van der Waals surface area contributed by atoms with E-state index in [4.69, 9.17) is 0 Å². The van der Waals surface area contributed by atoms with Gasteiger partial charge in [-0.25, -0.2) is 0 Å². The fourth-order valence-electron chi connectivity index (χ4n) is 16.9. The van der Waals surface area contributed by atoms with Gasteiger partial charge in [0.1, 0.15) is 0 Å². The number of aromatic nitrogens is 1. The number of unbranched alkanes of at least 4 members (excludes halogenated alkanes) is 1. The Bertz CT molecular complexity index is 4040. The van der Waals surface area contributed by atoms with Gasteiger partial charge in [-0.05, 0) is 216 Å². The third kappa shape index (κ3) is 6.30. The average molecular weight is 977 g/mol. The summed E-state index contributed by atoms with van der Waals surface area (Å²) in [4.78, 5) is 2.73. The molecule has 16 rings (SSSR count). The van der Waals surface area contributed by atoms with E-state index in [1.165, 1.54) is 191 Å². The number of allylic oxidation sites excluding steroid dienone is 2. The van der Waals surface area contributed by atoms with Gasteiger partial charge < -0.3 is 9.38 Å². The second-order valence-corrected chi connectivity index (χ2v) is 25.7. The van der Waals surface area contributed by atoms with Crippen molar-refractivity contribution in [2.45, 2.75) is 122 Å². The topological polar surface area (TPSA) is 8.17 Å². The predicted octanol–water partition coefficient (Wildman–Crippen LogP) is 18.3. The van der Waals surface area contributed by atoms with Crippen molar-refractivity contribution in [3.8, 4) is 22.3 Å². The quantitative estimate of drug-likeness (QED) is 0.109. The molecule has 4 heteroatoms. The first-order valence-electron chi connectivity index (χ1n) is 28.6. The molecule has 0 amide bonds. The molecule has 74 heavy (non-hydrogen) atoms. The highest BCUT2D eigenvalue weighted by Gasteiger charge is 2.48. The molecule has 2 aliphatic heterocycles. The van der Waals surface area contributed by atoms with Crippen LogP contribution in [0.3, 0.4) is 0 Å². The SMILES string of the molecule is CCCCc1ccc(N2c3cc4c(cc3B3c5c(cc(C)cc52)-c2cc(C5(CC)CC6CCC(C6)C5)cc5c6cc(C78CC=C(CC(C)C7)C8)ccc6n3c25)sc2cc3ccccc3cc24)c(-c2ccccc2)c1. The van der Waals surface area contributed by atoms with Gasteiger partial charge in [0.2, 0.25) is 0 Å². The van der Waals surface area contributed by atoms with Gasteiger partial charge in [0.05, 0.1) is 5.69 Å². The normalized spacial score (nSPS) is 23.4. The fourth-order valence-corrected chi connectivity index (χ4v) is 18.1. The number of aryl methyl sites for hydroxylation is 2. The number of anilines is 3. The van der Waals surface area contributed by atoms with Gasteiger partial charge in [0.25, 0.3) is 0 Å². The minimum absolute atomic E-state index is 0.00739. The van der Waals surface area contributed by atoms with Crippen LogP contribution in [0.5, 0.6) is 0 Å². The van der Waals surface area contributed by atoms with Crippen molar-refractivity contribution >= 4 is 98.9 Å². The Morgan fingerprint density at radius 1 is 0.662 bits per heavy atom. The Morgan fingerprint density at radius 2 is 1.45 bits per heavy atom. The second kappa shape index (κ2) is 16.1. The molecular formula is C70H65BN2S. The van der Waals surface area contributed by atoms with E-state index in [-0.39, 0.29) is 17.7 Å². The van der Waals surface area contributed by atoms with Crippen molar-refractivity contribution in [2.75, 3.05) is 4.90 Å². The molecule has 0 spiro atoms. The van der Waals surface area contributed by atoms with Crippen LogP contribution in [0.4, 0.5) is 17.1 Å². The first kappa shape index (κ1) is 44.0. The van der Waals surface area contributed by atoms with Crippen molar-refractivity contribution in [3.05, 3.63) is 173 Å². The third-order valence-corrected chi connectivity index (χ3v) is 21.2. The van der Waals surface area contributed by atoms with E-state index in [0.29, 0.717) is 0 Å². The molecule has 0 saturated heterocycles. The first-order chi connectivity index (χ1) is 36.2. The summed E-state index contributed by atoms with van der Waals surface area (Å²) in [6.07, 6.45) is 19.2. The Morgan fingerprint density at radius 3 is 2.27 bits per heavy atom. The lowest BCUT2D eigenvalue weighted by Crippen LogP contribution is -2.56. The van der Waals surface area contributed by atoms with Crippen LogP contribution in [0.25, 0.3) is 75.0 Å². The molecule has 4 bridgehead atoms. The number of hydrogen-bond acceptors (Lipinski definition) is 2. The molecule has 0 N–H and O–H groups in total. The summed E-state index contributed by atoms with van der Waals surface area (Å²) in [6.45, 7) is 9.69. The molecule has 2 nitrogen and oxygen atoms in total. The zero-order chi connectivity index (χ0) is 49.2. The zero-order valence-electron chi connectivity index (χ0n) is 43.7. The standard InChI is InChI=1S/C70H65BN2S/c1-5-7-13-44-20-22-61(53(30-44)48-14-9-8-10-15-48)72-63-36-56-55-31-49-16-11-12-17-50(49)32-65(55)74-66(56)37-60(63)71-67-57(27-42(3)28-64(67)72)59-35-52(69(6-2)39-45-18-19-46(29-45)40-69)34-58-54-33-51(21-23-62(54)73(71)68(58)59)70-25-24-47(41-70)26-43(4)38-70/h8-12,14-17,20-24,27-28,30-37,43,45-46H,5-7,13,18-19,25-26,29,38-41H2,1-4H3. The predicted molar refractivity (Wildman–Crippen MR) is 319 cm³/mol. The van der Waals surface area contributed by atoms with Gasteiger partial charge in [-0.3, -0.25) is 0 Å². The summed E-state index contributed by atoms with van der Waals surface area (Å²) < 4.78 is 5.59. The molecule has 364 valence electrons. The minimum atomic E-state index is -0.00739. The van der Waals surface area contributed by atoms with Crippen LogP contribution in [-0.4, -0.2) is 11.3 Å². The van der Waals surface area contributed by atoms with Gasteiger partial charge in [-0.1, -0.05) is 124 Å². The van der Waals surface area contributed by atoms with Gasteiger partial charge in [0.15, 0.2) is 0 Å². The van der Waals surface area contributed by atoms with E-state index >= 15 is 0 Å². The zero-order valence-corrected chi connectivity index (χ0v) is 44.5. The molecule has 2 aromatic heterocycles. The van der Waals surface area contributed by atoms with Crippen molar-refractivity contribution in [2.24, 2.45) is 17.8 Å². The van der Waals surface area contributed by atoms with Crippen LogP contribution in [0.1, 0.15) is 120 Å². The number of rotatable bonds is 8. The third-order valence-electron chi connectivity index (χ3n) is 20.1. The van der Waals surface area contributed by atoms with Crippen LogP contribution in [0, 0.1) is 24.7 Å². The van der Waals surface area contributed by atoms with Crippen LogP contribution >= 0.6 is 11.3 Å². The lowest BCUT2D eigenvalue weighted by Gasteiger charge is -2.43. The highest BCUT2D eigenvalue weighted by atomic mass is 32.1. The molecule has 8 aromatic carbocycles. The first-order valence-corrected chi connectivity index (χ1v) is 29.4. The Labute approximate surface area is 441 Å². The van der Waals surface area contributed by atoms with Crippen LogP contribution in [-0.2, 0) is 17.3 Å². The molecule has 4 unspecified atom stereocenters. The van der Waals surface area contributed by atoms with E-state index < -0.39 is 0 Å². The van der Waals surface area contributed by atoms with E-state index in [1.54, 1.807) is 16.7 Å². The second-order valence-electron chi connectivity index (χ2n) is 24.7. The number of thiophene rings is 1. The van der Waals surface area contributed by atoms with Crippen LogP contribution in [0.2, 0.25) is 0 Å². The molecule has 4 aliphatic carbocycles. The minimum Gasteiger partial charge on any atom is -0.375 e. The molecule has 4 atom stereocenters. The molecule has 10 aromatic rings. The lowest BCUT2D eigenvalue weighted by molar-refractivity contribution is 0.207. The Balaban J connectivity index is 1.02. The van der Waals surface area contributed by atoms with Crippen molar-refractivity contribution in [3.63, 3.8) is 0 Å². The summed E-state index contributed by atoms with van der Waals surface area (Å²) in [6, 6.07) is 56.3. The number of benzene rings is 8. The molecule has 4 heterocycles. The Hall–Kier alpha value is -6.36. The highest BCUT2D eigenvalue weighted by molar-refractivity contribution is 7.26. The summed E-state index contributed by atoms with van der Waals surface area (Å²) in [7, 11) is 0. The summed E-state index contributed by atoms with van der Waals surface area (Å²) in [5, 5.41) is 8.25. The molecule has 3 fully saturated rings. The molecular weight excluding hydrogens is 912 g/mol. The largest absolute Gasteiger partial charge is 0.375 e. The number of fused-ring (bicyclic) bond motifs is 15. The van der Waals surface area contributed by atoms with Gasteiger partial charge in [0, 0.05) is 69.9 Å². The maximum absolute atomic E-state index is 2.87. The van der Waals surface area contributed by atoms with E-state index in [2.05, 4.69) is 183 Å². The molecule has 6 aliphatic rings. The van der Waals surface area contributed by atoms with Crippen molar-refractivity contribution < 1.29 is 0 Å². The summed E-state index contributed by atoms with van der Waals surface area (Å²) in [5.74, 6) is 2.42. The van der Waals surface area contributed by atoms with Crippen molar-refractivity contribution in [1.29, 1.82) is 0 Å². The average Bonchev–Trinajstić information content (AvgIpc) is 4.16. The maximum atomic E-state index is 2.87. The lowest BCUT2D eigenvalue weighted by atomic mass is 9.45. The summed E-state index contributed by atoms with van der Waals surface area (Å²) in [5.41, 5.74) is 23.0. The van der Waals surface area contributed by atoms with Crippen LogP contribution < -0.4 is 15.8 Å². The van der Waals surface area contributed by atoms with Gasteiger partial charge >= 0.3 is 6.85 Å². The van der Waals surface area contributed by atoms with Crippen molar-refractivity contribution in [1.82, 2.24) is 4.48 Å². The maximum Gasteiger partial charge on any atom is 0.333 e. The van der Waals surface area contributed by atoms with Gasteiger partial charge in [-0.2, -0.15) is 0 Å². The summed E-state index contributed by atoms with van der Waals surface area (Å²) >= 11 is 1.97. The van der Waals surface area contributed by atoms with E-state index in [1.807, 2.05) is 11.3 Å². The molecule has 0 radical (unpaired) electrons. The number of nitrogens with zero attached hydrogens (tertiary/aromatic N) is 2. The molecule has 3 saturated carbocycles. The van der Waals surface area contributed by atoms with E-state index in [0.717, 1.165) is 24.2 Å². The smallest absolute Gasteiger partial charge is 0.333 e. The van der Waals surface area contributed by atoms with Gasteiger partial charge in [-0.15, -0.1) is 11.3 Å². The number of hydrogen-bond donors (Lipinski definition) is 0. The Kier molecular flexibility index (Phi) is 9.56. The fraction of sp³-hybridized carbons (Fsp3) is 0.314. The van der Waals surface area contributed by atoms with Crippen LogP contribution in [0.15, 0.2) is 151 Å². The van der Waals surface area contributed by atoms with E-state index in [9.17, 15) is 0 Å².